The topological polar surface area (TPSA) is 83.2 Å². The lowest BCUT2D eigenvalue weighted by atomic mass is 9.94. The molecule has 5 rings (SSSR count). The molecule has 7 heteroatoms. The molecule has 188 valence electrons. The molecule has 0 unspecified atom stereocenters. The molecule has 0 aliphatic carbocycles. The lowest BCUT2D eigenvalue weighted by Crippen LogP contribution is -2.33. The lowest BCUT2D eigenvalue weighted by molar-refractivity contribution is -0.129. The van der Waals surface area contributed by atoms with E-state index >= 15 is 0 Å². The minimum Gasteiger partial charge on any atom is -0.503 e. The van der Waals surface area contributed by atoms with Crippen LogP contribution in [0.25, 0.3) is 11.0 Å². The minimum atomic E-state index is -0.783. The number of fused-ring (bicyclic) bond motifs is 1. The van der Waals surface area contributed by atoms with Crippen LogP contribution in [-0.2, 0) is 4.79 Å². The second-order valence-electron chi connectivity index (χ2n) is 9.29. The third kappa shape index (κ3) is 4.99. The molecule has 1 aliphatic heterocycles. The molecule has 3 aromatic carbocycles. The van der Waals surface area contributed by atoms with Crippen molar-refractivity contribution in [2.45, 2.75) is 12.5 Å². The first-order valence-electron chi connectivity index (χ1n) is 12.2. The smallest absolute Gasteiger partial charge is 0.290 e. The van der Waals surface area contributed by atoms with Crippen LogP contribution in [0.5, 0.6) is 11.5 Å². The number of carbonyl (C=O) groups excluding carboxylic acids is 2. The number of ether oxygens (including phenoxy) is 1. The molecular formula is C30H28N2O5. The Labute approximate surface area is 215 Å². The van der Waals surface area contributed by atoms with Gasteiger partial charge in [-0.15, -0.1) is 0 Å². The number of para-hydroxylation sites is 2. The van der Waals surface area contributed by atoms with E-state index in [1.165, 1.54) is 0 Å². The van der Waals surface area contributed by atoms with Crippen LogP contribution in [0.2, 0.25) is 0 Å². The third-order valence-corrected chi connectivity index (χ3v) is 6.35. The van der Waals surface area contributed by atoms with Crippen LogP contribution in [-0.4, -0.2) is 53.8 Å². The quantitative estimate of drug-likeness (QED) is 0.297. The maximum atomic E-state index is 13.7. The fraction of sp³-hybridized carbons (Fsp3) is 0.200. The minimum absolute atomic E-state index is 0.00534. The van der Waals surface area contributed by atoms with Crippen molar-refractivity contribution in [3.63, 3.8) is 0 Å². The van der Waals surface area contributed by atoms with Gasteiger partial charge in [-0.1, -0.05) is 48.5 Å². The predicted molar refractivity (Wildman–Crippen MR) is 141 cm³/mol. The number of rotatable bonds is 9. The van der Waals surface area contributed by atoms with E-state index in [0.29, 0.717) is 35.6 Å². The van der Waals surface area contributed by atoms with E-state index in [1.54, 1.807) is 23.1 Å². The van der Waals surface area contributed by atoms with Crippen LogP contribution >= 0.6 is 0 Å². The highest BCUT2D eigenvalue weighted by Crippen LogP contribution is 2.41. The van der Waals surface area contributed by atoms with E-state index in [0.717, 1.165) is 11.9 Å². The summed E-state index contributed by atoms with van der Waals surface area (Å²) in [6.45, 7) is 1.12. The highest BCUT2D eigenvalue weighted by atomic mass is 16.5. The maximum Gasteiger partial charge on any atom is 0.290 e. The van der Waals surface area contributed by atoms with E-state index in [2.05, 4.69) is 0 Å². The Hall–Kier alpha value is -4.36. The molecule has 1 N–H and O–H groups in total. The van der Waals surface area contributed by atoms with Crippen molar-refractivity contribution in [2.24, 2.45) is 0 Å². The number of amides is 1. The Balaban J connectivity index is 1.53. The molecule has 7 nitrogen and oxygen atoms in total. The maximum absolute atomic E-state index is 13.7. The van der Waals surface area contributed by atoms with Crippen LogP contribution in [0.4, 0.5) is 0 Å². The summed E-state index contributed by atoms with van der Waals surface area (Å²) in [5.74, 6) is -0.329. The summed E-state index contributed by atoms with van der Waals surface area (Å²) in [6.07, 6.45) is 0.675. The first-order valence-corrected chi connectivity index (χ1v) is 12.2. The molecule has 0 saturated heterocycles. The number of aliphatic hydroxyl groups excluding tert-OH is 1. The fourth-order valence-corrected chi connectivity index (χ4v) is 4.62. The SMILES string of the molecule is CN(C)CCCN1C(=O)C(O)=C(C(=O)c2cc3ccccc3o2)[C@H]1c1cccc(Oc2ccccc2)c1. The predicted octanol–water partition coefficient (Wildman–Crippen LogP) is 5.76. The standard InChI is InChI=1S/C30H28N2O5/c1-31(2)16-9-17-32-27(21-11-8-14-23(18-21)36-22-12-4-3-5-13-22)26(29(34)30(32)35)28(33)25-19-20-10-6-7-15-24(20)37-25/h3-8,10-15,18-19,27,34H,9,16-17H2,1-2H3/t27-/m1/s1. The van der Waals surface area contributed by atoms with E-state index in [9.17, 15) is 14.7 Å². The molecular weight excluding hydrogens is 468 g/mol. The van der Waals surface area contributed by atoms with Gasteiger partial charge in [0.2, 0.25) is 5.78 Å². The van der Waals surface area contributed by atoms with Crippen LogP contribution in [0.3, 0.4) is 0 Å². The van der Waals surface area contributed by atoms with Gasteiger partial charge in [0, 0.05) is 11.9 Å². The first-order chi connectivity index (χ1) is 17.9. The zero-order valence-corrected chi connectivity index (χ0v) is 20.8. The summed E-state index contributed by atoms with van der Waals surface area (Å²) in [4.78, 5) is 30.6. The van der Waals surface area contributed by atoms with Crippen LogP contribution in [0, 0.1) is 0 Å². The van der Waals surface area contributed by atoms with Gasteiger partial charge in [0.25, 0.3) is 5.91 Å². The molecule has 1 aromatic heterocycles. The summed E-state index contributed by atoms with van der Waals surface area (Å²) in [7, 11) is 3.92. The van der Waals surface area contributed by atoms with Gasteiger partial charge in [-0.2, -0.15) is 0 Å². The molecule has 0 spiro atoms. The van der Waals surface area contributed by atoms with Gasteiger partial charge < -0.3 is 24.1 Å². The summed E-state index contributed by atoms with van der Waals surface area (Å²) >= 11 is 0. The Morgan fingerprint density at radius 2 is 1.70 bits per heavy atom. The summed E-state index contributed by atoms with van der Waals surface area (Å²) < 4.78 is 11.8. The second kappa shape index (κ2) is 10.3. The Morgan fingerprint density at radius 3 is 2.46 bits per heavy atom. The Kier molecular flexibility index (Phi) is 6.79. The molecule has 1 atom stereocenters. The van der Waals surface area contributed by atoms with Crippen LogP contribution < -0.4 is 4.74 Å². The lowest BCUT2D eigenvalue weighted by Gasteiger charge is -2.27. The van der Waals surface area contributed by atoms with Crippen molar-refractivity contribution in [1.82, 2.24) is 9.80 Å². The molecule has 0 bridgehead atoms. The average molecular weight is 497 g/mol. The van der Waals surface area contributed by atoms with E-state index < -0.39 is 23.5 Å². The zero-order chi connectivity index (χ0) is 25.9. The molecule has 0 saturated carbocycles. The van der Waals surface area contributed by atoms with Crippen molar-refractivity contribution in [2.75, 3.05) is 27.2 Å². The number of aliphatic hydroxyl groups is 1. The van der Waals surface area contributed by atoms with Gasteiger partial charge in [-0.25, -0.2) is 0 Å². The normalized spacial score (nSPS) is 15.7. The average Bonchev–Trinajstić information content (AvgIpc) is 3.44. The third-order valence-electron chi connectivity index (χ3n) is 6.35. The van der Waals surface area contributed by atoms with Gasteiger partial charge in [-0.3, -0.25) is 9.59 Å². The van der Waals surface area contributed by atoms with Gasteiger partial charge in [-0.05, 0) is 69.0 Å². The summed E-state index contributed by atoms with van der Waals surface area (Å²) in [5.41, 5.74) is 1.23. The largest absolute Gasteiger partial charge is 0.503 e. The van der Waals surface area contributed by atoms with Crippen molar-refractivity contribution >= 4 is 22.7 Å². The van der Waals surface area contributed by atoms with Gasteiger partial charge >= 0.3 is 0 Å². The fourth-order valence-electron chi connectivity index (χ4n) is 4.62. The van der Waals surface area contributed by atoms with E-state index in [-0.39, 0.29) is 11.3 Å². The van der Waals surface area contributed by atoms with Crippen LogP contribution in [0.15, 0.2) is 101 Å². The molecule has 1 aliphatic rings. The number of Topliss-reactive ketones (excluding diaryl/α,β-unsaturated/α-hetero) is 1. The van der Waals surface area contributed by atoms with Crippen molar-refractivity contribution in [3.05, 3.63) is 108 Å². The second-order valence-corrected chi connectivity index (χ2v) is 9.29. The number of furan rings is 1. The molecule has 2 heterocycles. The number of benzene rings is 3. The first kappa shape index (κ1) is 24.3. The van der Waals surface area contributed by atoms with Crippen molar-refractivity contribution in [1.29, 1.82) is 0 Å². The van der Waals surface area contributed by atoms with Crippen molar-refractivity contribution < 1.29 is 23.8 Å². The highest BCUT2D eigenvalue weighted by molar-refractivity contribution is 6.16. The molecule has 0 fully saturated rings. The number of nitrogens with zero attached hydrogens (tertiary/aromatic N) is 2. The molecule has 1 amide bonds. The van der Waals surface area contributed by atoms with Crippen molar-refractivity contribution in [3.8, 4) is 11.5 Å². The molecule has 4 aromatic rings. The number of ketones is 1. The Bertz CT molecular complexity index is 1440. The number of hydrogen-bond donors (Lipinski definition) is 1. The van der Waals surface area contributed by atoms with Gasteiger partial charge in [0.1, 0.15) is 17.1 Å². The Morgan fingerprint density at radius 1 is 0.973 bits per heavy atom. The summed E-state index contributed by atoms with van der Waals surface area (Å²) in [5, 5.41) is 11.7. The van der Waals surface area contributed by atoms with Gasteiger partial charge in [0.05, 0.1) is 11.6 Å². The highest BCUT2D eigenvalue weighted by Gasteiger charge is 2.44. The number of hydrogen-bond acceptors (Lipinski definition) is 6. The summed E-state index contributed by atoms with van der Waals surface area (Å²) in [6, 6.07) is 24.8. The molecule has 0 radical (unpaired) electrons. The monoisotopic (exact) mass is 496 g/mol. The molecule has 37 heavy (non-hydrogen) atoms. The number of carbonyl (C=O) groups is 2. The van der Waals surface area contributed by atoms with Gasteiger partial charge in [0.15, 0.2) is 11.5 Å². The van der Waals surface area contributed by atoms with E-state index in [1.807, 2.05) is 85.7 Å². The van der Waals surface area contributed by atoms with E-state index in [4.69, 9.17) is 9.15 Å². The van der Waals surface area contributed by atoms with Crippen LogP contribution in [0.1, 0.15) is 28.6 Å². The zero-order valence-electron chi connectivity index (χ0n) is 20.8.